The smallest absolute Gasteiger partial charge is 1.00 e. The number of rotatable bonds is 0. The van der Waals surface area contributed by atoms with E-state index >= 15 is 0 Å². The fourth-order valence-corrected chi connectivity index (χ4v) is 0. The molecule has 0 fully saturated rings. The van der Waals surface area contributed by atoms with Gasteiger partial charge in [0.15, 0.2) is 69.4 Å². The minimum Gasteiger partial charge on any atom is -1.00 e. The molecule has 0 rings (SSSR count). The molecule has 0 aromatic rings. The van der Waals surface area contributed by atoms with E-state index in [1.165, 1.54) is 0 Å². The second kappa shape index (κ2) is 45.7. The van der Waals surface area contributed by atoms with Gasteiger partial charge in [0.2, 0.25) is 0 Å². The SMILES string of the molecule is [AlH3].[AlH3].[AlH3].[AlH3].[Ca+2].[H-].[H-].[H-].[H-].[Mg+2].[Mn]. The third-order valence-electron chi connectivity index (χ3n) is 0. The summed E-state index contributed by atoms with van der Waals surface area (Å²) in [4.78, 5) is 0. The van der Waals surface area contributed by atoms with Gasteiger partial charge >= 0.3 is 60.8 Å². The van der Waals surface area contributed by atoms with E-state index in [1.54, 1.807) is 0 Å². The fraction of sp³-hybridized carbons (Fsp3) is 0. The Kier molecular flexibility index (Phi) is 398. The summed E-state index contributed by atoms with van der Waals surface area (Å²) in [5.74, 6) is 0. The molecule has 0 N–H and O–H groups in total. The van der Waals surface area contributed by atoms with Crippen LogP contribution in [0.5, 0.6) is 0 Å². The van der Waals surface area contributed by atoms with Gasteiger partial charge in [-0.2, -0.15) is 0 Å². The quantitative estimate of drug-likeness (QED) is 0.374. The maximum absolute atomic E-state index is 0. The average molecular weight is 243 g/mol. The summed E-state index contributed by atoms with van der Waals surface area (Å²) >= 11 is 0. The molecular weight excluding hydrogens is 227 g/mol. The molecule has 0 aromatic heterocycles. The molecule has 0 unspecified atom stereocenters. The third-order valence-corrected chi connectivity index (χ3v) is 0. The second-order valence-corrected chi connectivity index (χ2v) is 0. The van der Waals surface area contributed by atoms with Crippen LogP contribution < -0.4 is 0 Å². The monoisotopic (exact) mass is 243 g/mol. The Morgan fingerprint density at radius 2 is 0.714 bits per heavy atom. The average Bonchev–Trinajstić information content (AvgIpc) is 0. The molecule has 0 nitrogen and oxygen atoms in total. The van der Waals surface area contributed by atoms with Gasteiger partial charge in [-0.05, 0) is 0 Å². The second-order valence-electron chi connectivity index (χ2n) is 0. The minimum absolute atomic E-state index is 0. The van der Waals surface area contributed by atoms with E-state index in [2.05, 4.69) is 0 Å². The standard InChI is InChI=1S/4Al.Ca.Mg.Mn.16H/q;;;;2*+2;;;;;;;;;;;;;;4*-1. The number of hydrogen-bond acceptors (Lipinski definition) is 0. The Morgan fingerprint density at radius 3 is 0.714 bits per heavy atom. The van der Waals surface area contributed by atoms with Crippen molar-refractivity contribution in [2.45, 2.75) is 0 Å². The topological polar surface area (TPSA) is 0 Å². The maximum atomic E-state index is 0. The van der Waals surface area contributed by atoms with Crippen LogP contribution in [0.4, 0.5) is 0 Å². The summed E-state index contributed by atoms with van der Waals surface area (Å²) in [5.41, 5.74) is 0. The zero-order chi connectivity index (χ0) is 0. The molecule has 0 aliphatic heterocycles. The van der Waals surface area contributed by atoms with E-state index in [4.69, 9.17) is 0 Å². The molecular formula is H16Al4CaMgMn. The molecule has 0 spiro atoms. The summed E-state index contributed by atoms with van der Waals surface area (Å²) in [6.45, 7) is 0. The van der Waals surface area contributed by atoms with E-state index in [9.17, 15) is 0 Å². The van der Waals surface area contributed by atoms with Crippen molar-refractivity contribution in [2.75, 3.05) is 0 Å². The van der Waals surface area contributed by atoms with Crippen LogP contribution in [0.3, 0.4) is 0 Å². The van der Waals surface area contributed by atoms with Gasteiger partial charge in [0.1, 0.15) is 0 Å². The van der Waals surface area contributed by atoms with Crippen molar-refractivity contribution in [3.05, 3.63) is 0 Å². The first-order valence-electron chi connectivity index (χ1n) is 0. The van der Waals surface area contributed by atoms with Crippen molar-refractivity contribution in [1.82, 2.24) is 0 Å². The van der Waals surface area contributed by atoms with Crippen LogP contribution in [0.2, 0.25) is 0 Å². The first-order valence-corrected chi connectivity index (χ1v) is 0. The third kappa shape index (κ3) is 36.8. The summed E-state index contributed by atoms with van der Waals surface area (Å²) in [7, 11) is 0. The summed E-state index contributed by atoms with van der Waals surface area (Å²) in [5, 5.41) is 0. The van der Waals surface area contributed by atoms with E-state index in [-0.39, 0.29) is 153 Å². The van der Waals surface area contributed by atoms with Gasteiger partial charge in [-0.15, -0.1) is 0 Å². The van der Waals surface area contributed by atoms with Crippen LogP contribution in [0.25, 0.3) is 0 Å². The van der Waals surface area contributed by atoms with Crippen molar-refractivity contribution >= 4 is 130 Å². The first kappa shape index (κ1) is 60.9. The molecule has 39 valence electrons. The van der Waals surface area contributed by atoms with Crippen LogP contribution in [0.1, 0.15) is 5.71 Å². The van der Waals surface area contributed by atoms with Gasteiger partial charge in [-0.25, -0.2) is 0 Å². The maximum Gasteiger partial charge on any atom is 2.00 e. The molecule has 7 heavy (non-hydrogen) atoms. The Hall–Kier alpha value is 4.68. The normalized spacial score (nSPS) is 0. The predicted octanol–water partition coefficient (Wildman–Crippen LogP) is -5.05. The Labute approximate surface area is 150 Å². The van der Waals surface area contributed by atoms with Crippen molar-refractivity contribution < 1.29 is 22.8 Å². The van der Waals surface area contributed by atoms with Gasteiger partial charge in [-0.1, -0.05) is 0 Å². The molecule has 0 heterocycles. The molecule has 0 aromatic carbocycles. The fourth-order valence-electron chi connectivity index (χ4n) is 0. The zero-order valence-electron chi connectivity index (χ0n) is 5.79. The van der Waals surface area contributed by atoms with Crippen LogP contribution in [0.15, 0.2) is 0 Å². The molecule has 0 saturated carbocycles. The summed E-state index contributed by atoms with van der Waals surface area (Å²) in [6, 6.07) is 0. The van der Waals surface area contributed by atoms with E-state index in [0.29, 0.717) is 0 Å². The summed E-state index contributed by atoms with van der Waals surface area (Å²) < 4.78 is 0. The van der Waals surface area contributed by atoms with Crippen molar-refractivity contribution in [2.24, 2.45) is 0 Å². The van der Waals surface area contributed by atoms with Crippen molar-refractivity contribution in [1.29, 1.82) is 0 Å². The van der Waals surface area contributed by atoms with Crippen LogP contribution in [0, 0.1) is 0 Å². The van der Waals surface area contributed by atoms with Gasteiger partial charge in [-0.3, -0.25) is 0 Å². The van der Waals surface area contributed by atoms with Crippen LogP contribution >= 0.6 is 0 Å². The van der Waals surface area contributed by atoms with Crippen LogP contribution in [-0.4, -0.2) is 130 Å². The Bertz CT molecular complexity index is 22.1. The van der Waals surface area contributed by atoms with E-state index in [1.807, 2.05) is 0 Å². The van der Waals surface area contributed by atoms with Crippen molar-refractivity contribution in [3.8, 4) is 0 Å². The molecule has 0 saturated heterocycles. The van der Waals surface area contributed by atoms with Gasteiger partial charge in [0.25, 0.3) is 0 Å². The van der Waals surface area contributed by atoms with Gasteiger partial charge in [0, 0.05) is 17.1 Å². The van der Waals surface area contributed by atoms with Crippen LogP contribution in [-0.2, 0) is 17.1 Å². The van der Waals surface area contributed by atoms with E-state index in [0.717, 1.165) is 0 Å². The molecule has 0 aliphatic carbocycles. The van der Waals surface area contributed by atoms with E-state index < -0.39 is 0 Å². The van der Waals surface area contributed by atoms with Crippen molar-refractivity contribution in [3.63, 3.8) is 0 Å². The van der Waals surface area contributed by atoms with Gasteiger partial charge in [0.05, 0.1) is 0 Å². The molecule has 0 bridgehead atoms. The molecule has 7 heteroatoms. The molecule has 0 atom stereocenters. The molecule has 0 aliphatic rings. The summed E-state index contributed by atoms with van der Waals surface area (Å²) in [6.07, 6.45) is 0. The van der Waals surface area contributed by atoms with Gasteiger partial charge < -0.3 is 5.71 Å². The number of hydrogen-bond donors (Lipinski definition) is 0. The molecule has 1 radical (unpaired) electrons. The molecule has 0 amide bonds. The Balaban J connectivity index is 0. The minimum atomic E-state index is 0. The zero-order valence-corrected chi connectivity index (χ0v) is 6.60. The first-order chi connectivity index (χ1) is 0. The predicted molar refractivity (Wildman–Crippen MR) is 55.7 cm³/mol. The Morgan fingerprint density at radius 1 is 0.714 bits per heavy atom. The largest absolute Gasteiger partial charge is 2.00 e.